The molecule has 0 saturated heterocycles. The number of anilines is 1. The lowest BCUT2D eigenvalue weighted by Gasteiger charge is -2.23. The summed E-state index contributed by atoms with van der Waals surface area (Å²) in [7, 11) is 1.88. The Morgan fingerprint density at radius 3 is 2.73 bits per heavy atom. The Kier molecular flexibility index (Phi) is 3.70. The molecule has 1 unspecified atom stereocenters. The summed E-state index contributed by atoms with van der Waals surface area (Å²) in [6.45, 7) is 4.23. The summed E-state index contributed by atoms with van der Waals surface area (Å²) in [6.07, 6.45) is -0.402. The van der Waals surface area contributed by atoms with Crippen LogP contribution in [0.3, 0.4) is 0 Å². The monoisotopic (exact) mass is 204 g/mol. The molecule has 0 aliphatic carbocycles. The van der Waals surface area contributed by atoms with Crippen LogP contribution in [0.2, 0.25) is 0 Å². The van der Waals surface area contributed by atoms with Gasteiger partial charge in [0.05, 0.1) is 17.4 Å². The maximum absolute atomic E-state index is 9.31. The minimum absolute atomic E-state index is 0.402. The second-order valence-corrected chi connectivity index (χ2v) is 3.81. The smallest absolute Gasteiger partial charge is 0.101 e. The first-order chi connectivity index (χ1) is 7.06. The summed E-state index contributed by atoms with van der Waals surface area (Å²) < 4.78 is 0. The molecular formula is C12H16N2O. The molecule has 0 radical (unpaired) electrons. The molecule has 0 bridgehead atoms. The van der Waals surface area contributed by atoms with E-state index < -0.39 is 6.10 Å². The zero-order chi connectivity index (χ0) is 11.4. The largest absolute Gasteiger partial charge is 0.392 e. The van der Waals surface area contributed by atoms with Gasteiger partial charge in [0.2, 0.25) is 0 Å². The fraction of sp³-hybridized carbons (Fsp3) is 0.417. The van der Waals surface area contributed by atoms with Crippen LogP contribution in [0, 0.1) is 18.3 Å². The number of hydrogen-bond acceptors (Lipinski definition) is 3. The Bertz CT molecular complexity index is 380. The summed E-state index contributed by atoms with van der Waals surface area (Å²) in [5, 5.41) is 18.3. The highest BCUT2D eigenvalue weighted by atomic mass is 16.3. The highest BCUT2D eigenvalue weighted by Crippen LogP contribution is 2.23. The lowest BCUT2D eigenvalue weighted by molar-refractivity contribution is 0.201. The molecular weight excluding hydrogens is 188 g/mol. The van der Waals surface area contributed by atoms with Gasteiger partial charge < -0.3 is 10.0 Å². The first-order valence-corrected chi connectivity index (χ1v) is 4.95. The predicted molar refractivity (Wildman–Crippen MR) is 60.8 cm³/mol. The van der Waals surface area contributed by atoms with Crippen molar-refractivity contribution in [1.82, 2.24) is 0 Å². The highest BCUT2D eigenvalue weighted by Gasteiger charge is 2.11. The molecule has 1 aromatic rings. The molecule has 15 heavy (non-hydrogen) atoms. The van der Waals surface area contributed by atoms with Crippen LogP contribution in [0.4, 0.5) is 5.69 Å². The highest BCUT2D eigenvalue weighted by molar-refractivity contribution is 5.63. The van der Waals surface area contributed by atoms with E-state index in [2.05, 4.69) is 6.07 Å². The van der Waals surface area contributed by atoms with Crippen molar-refractivity contribution in [2.75, 3.05) is 18.5 Å². The average Bonchev–Trinajstić information content (AvgIpc) is 2.15. The summed E-state index contributed by atoms with van der Waals surface area (Å²) in [6, 6.07) is 7.80. The number of benzene rings is 1. The molecule has 3 nitrogen and oxygen atoms in total. The molecule has 3 heteroatoms. The van der Waals surface area contributed by atoms with E-state index in [4.69, 9.17) is 5.26 Å². The van der Waals surface area contributed by atoms with Gasteiger partial charge in [-0.3, -0.25) is 0 Å². The number of aliphatic hydroxyl groups is 1. The van der Waals surface area contributed by atoms with E-state index in [0.29, 0.717) is 12.1 Å². The van der Waals surface area contributed by atoms with Crippen LogP contribution in [-0.4, -0.2) is 24.8 Å². The van der Waals surface area contributed by atoms with Gasteiger partial charge in [0.1, 0.15) is 6.07 Å². The zero-order valence-electron chi connectivity index (χ0n) is 9.36. The number of para-hydroxylation sites is 1. The Balaban J connectivity index is 3.07. The number of nitrogens with zero attached hydrogens (tertiary/aromatic N) is 2. The van der Waals surface area contributed by atoms with Gasteiger partial charge >= 0.3 is 0 Å². The molecule has 0 spiro atoms. The number of rotatable bonds is 3. The van der Waals surface area contributed by atoms with Crippen LogP contribution < -0.4 is 4.90 Å². The normalized spacial score (nSPS) is 11.9. The molecule has 0 aliphatic heterocycles. The molecule has 80 valence electrons. The van der Waals surface area contributed by atoms with Gasteiger partial charge in [-0.2, -0.15) is 5.26 Å². The third-order valence-corrected chi connectivity index (χ3v) is 2.28. The Labute approximate surface area is 90.6 Å². The maximum atomic E-state index is 9.31. The van der Waals surface area contributed by atoms with Crippen molar-refractivity contribution in [3.8, 4) is 6.07 Å². The Hall–Kier alpha value is -1.53. The number of nitriles is 1. The molecule has 0 aromatic heterocycles. The van der Waals surface area contributed by atoms with E-state index in [-0.39, 0.29) is 0 Å². The standard InChI is InChI=1S/C12H16N2O/c1-9-5-4-6-11(7-13)12(9)14(3)8-10(2)15/h4-6,10,15H,8H2,1-3H3. The molecule has 1 N–H and O–H groups in total. The molecule has 0 amide bonds. The lowest BCUT2D eigenvalue weighted by Crippen LogP contribution is -2.28. The van der Waals surface area contributed by atoms with Gasteiger partial charge in [0.25, 0.3) is 0 Å². The van der Waals surface area contributed by atoms with Crippen molar-refractivity contribution in [3.63, 3.8) is 0 Å². The van der Waals surface area contributed by atoms with E-state index >= 15 is 0 Å². The molecule has 1 rings (SSSR count). The summed E-state index contributed by atoms with van der Waals surface area (Å²) in [5.74, 6) is 0. The van der Waals surface area contributed by atoms with Crippen molar-refractivity contribution in [2.45, 2.75) is 20.0 Å². The van der Waals surface area contributed by atoms with E-state index in [9.17, 15) is 5.11 Å². The maximum Gasteiger partial charge on any atom is 0.101 e. The fourth-order valence-corrected chi connectivity index (χ4v) is 1.74. The van der Waals surface area contributed by atoms with Crippen LogP contribution in [0.5, 0.6) is 0 Å². The van der Waals surface area contributed by atoms with Crippen LogP contribution in [0.15, 0.2) is 18.2 Å². The topological polar surface area (TPSA) is 47.3 Å². The molecule has 0 aliphatic rings. The van der Waals surface area contributed by atoms with E-state index in [0.717, 1.165) is 11.3 Å². The van der Waals surface area contributed by atoms with Crippen LogP contribution in [0.25, 0.3) is 0 Å². The van der Waals surface area contributed by atoms with Crippen molar-refractivity contribution in [2.24, 2.45) is 0 Å². The molecule has 0 heterocycles. The zero-order valence-corrected chi connectivity index (χ0v) is 9.36. The minimum atomic E-state index is -0.402. The van der Waals surface area contributed by atoms with Gasteiger partial charge in [0, 0.05) is 13.6 Å². The SMILES string of the molecule is Cc1cccc(C#N)c1N(C)CC(C)O. The number of aryl methyl sites for hydroxylation is 1. The number of hydrogen-bond donors (Lipinski definition) is 1. The summed E-state index contributed by atoms with van der Waals surface area (Å²) in [4.78, 5) is 1.92. The lowest BCUT2D eigenvalue weighted by atomic mass is 10.1. The van der Waals surface area contributed by atoms with E-state index in [1.54, 1.807) is 13.0 Å². The van der Waals surface area contributed by atoms with Crippen LogP contribution in [-0.2, 0) is 0 Å². The molecule has 0 fully saturated rings. The van der Waals surface area contributed by atoms with E-state index in [1.165, 1.54) is 0 Å². The van der Waals surface area contributed by atoms with Gasteiger partial charge in [-0.1, -0.05) is 12.1 Å². The number of likely N-dealkylation sites (N-methyl/N-ethyl adjacent to an activating group) is 1. The van der Waals surface area contributed by atoms with Gasteiger partial charge in [-0.05, 0) is 25.5 Å². The van der Waals surface area contributed by atoms with Crippen molar-refractivity contribution in [3.05, 3.63) is 29.3 Å². The van der Waals surface area contributed by atoms with Crippen LogP contribution in [0.1, 0.15) is 18.1 Å². The van der Waals surface area contributed by atoms with Gasteiger partial charge in [-0.25, -0.2) is 0 Å². The van der Waals surface area contributed by atoms with Crippen molar-refractivity contribution >= 4 is 5.69 Å². The number of aliphatic hydroxyl groups excluding tert-OH is 1. The molecule has 1 aromatic carbocycles. The Morgan fingerprint density at radius 1 is 1.53 bits per heavy atom. The average molecular weight is 204 g/mol. The Morgan fingerprint density at radius 2 is 2.20 bits per heavy atom. The third kappa shape index (κ3) is 2.71. The van der Waals surface area contributed by atoms with Crippen molar-refractivity contribution in [1.29, 1.82) is 5.26 Å². The minimum Gasteiger partial charge on any atom is -0.392 e. The van der Waals surface area contributed by atoms with Gasteiger partial charge in [0.15, 0.2) is 0 Å². The predicted octanol–water partition coefficient (Wildman–Crippen LogP) is 1.68. The van der Waals surface area contributed by atoms with Crippen LogP contribution >= 0.6 is 0 Å². The first kappa shape index (κ1) is 11.5. The first-order valence-electron chi connectivity index (χ1n) is 4.95. The summed E-state index contributed by atoms with van der Waals surface area (Å²) in [5.41, 5.74) is 2.61. The third-order valence-electron chi connectivity index (χ3n) is 2.28. The molecule has 1 atom stereocenters. The fourth-order valence-electron chi connectivity index (χ4n) is 1.74. The van der Waals surface area contributed by atoms with Crippen molar-refractivity contribution < 1.29 is 5.11 Å². The second-order valence-electron chi connectivity index (χ2n) is 3.81. The van der Waals surface area contributed by atoms with Gasteiger partial charge in [-0.15, -0.1) is 0 Å². The quantitative estimate of drug-likeness (QED) is 0.815. The van der Waals surface area contributed by atoms with E-state index in [1.807, 2.05) is 31.0 Å². The second kappa shape index (κ2) is 4.81. The molecule has 0 saturated carbocycles. The summed E-state index contributed by atoms with van der Waals surface area (Å²) >= 11 is 0.